The molecule has 0 atom stereocenters. The van der Waals surface area contributed by atoms with Gasteiger partial charge in [0.15, 0.2) is 0 Å². The fourth-order valence-electron chi connectivity index (χ4n) is 4.95. The summed E-state index contributed by atoms with van der Waals surface area (Å²) >= 11 is 0. The number of hydrogen-bond donors (Lipinski definition) is 3. The summed E-state index contributed by atoms with van der Waals surface area (Å²) in [7, 11) is 2.09. The maximum atomic E-state index is 12.7. The van der Waals surface area contributed by atoms with E-state index in [-0.39, 0.29) is 11.5 Å². The molecule has 0 bridgehead atoms. The van der Waals surface area contributed by atoms with Crippen LogP contribution in [0.25, 0.3) is 44.7 Å². The molecule has 1 amide bonds. The number of H-pyrrole nitrogens is 3. The highest BCUT2D eigenvalue weighted by atomic mass is 16.2. The van der Waals surface area contributed by atoms with Crippen LogP contribution in [0.1, 0.15) is 16.8 Å². The van der Waals surface area contributed by atoms with Crippen molar-refractivity contribution in [2.75, 3.05) is 33.2 Å². The Kier molecular flexibility index (Phi) is 5.26. The Balaban J connectivity index is 1.25. The molecule has 1 fully saturated rings. The zero-order valence-electron chi connectivity index (χ0n) is 19.6. The first-order valence-corrected chi connectivity index (χ1v) is 11.9. The molecule has 0 unspecified atom stereocenters. The minimum absolute atomic E-state index is 0.0702. The van der Waals surface area contributed by atoms with E-state index in [9.17, 15) is 9.59 Å². The van der Waals surface area contributed by atoms with Crippen LogP contribution in [0.15, 0.2) is 59.7 Å². The molecule has 176 valence electrons. The predicted molar refractivity (Wildman–Crippen MR) is 141 cm³/mol. The maximum absolute atomic E-state index is 12.7. The van der Waals surface area contributed by atoms with Crippen molar-refractivity contribution in [3.05, 3.63) is 82.0 Å². The zero-order valence-corrected chi connectivity index (χ0v) is 19.6. The van der Waals surface area contributed by atoms with E-state index in [1.165, 1.54) is 0 Å². The van der Waals surface area contributed by atoms with E-state index >= 15 is 0 Å². The second-order valence-corrected chi connectivity index (χ2v) is 9.35. The smallest absolute Gasteiger partial charge is 0.258 e. The number of carbonyl (C=O) groups excluding carboxylic acids is 1. The van der Waals surface area contributed by atoms with Crippen LogP contribution in [0.3, 0.4) is 0 Å². The number of piperazine rings is 1. The number of benzene rings is 2. The first kappa shape index (κ1) is 21.4. The van der Waals surface area contributed by atoms with Gasteiger partial charge in [0.2, 0.25) is 5.91 Å². The number of hydrogen-bond acceptors (Lipinski definition) is 3. The van der Waals surface area contributed by atoms with Crippen LogP contribution in [0, 0.1) is 0 Å². The van der Waals surface area contributed by atoms with Crippen molar-refractivity contribution in [1.29, 1.82) is 0 Å². The summed E-state index contributed by atoms with van der Waals surface area (Å²) in [5.41, 5.74) is 4.74. The normalized spacial score (nSPS) is 15.2. The van der Waals surface area contributed by atoms with Crippen molar-refractivity contribution in [3.63, 3.8) is 0 Å². The Bertz CT molecular complexity index is 1650. The number of nitrogens with zero attached hydrogens (tertiary/aromatic N) is 2. The molecule has 0 radical (unpaired) electrons. The number of pyridine rings is 1. The standard InChI is InChI=1S/C28H27N5O2/c1-32-9-11-33(12-10-32)25(34)14-19-4-2-3-18(13-19)5-7-21-15-23-20(16-29-21)6-8-22-26-24(31-27(22)23)17-30-28(26)35/h2-8,13,15-17,29,31H,9-12,14H2,1H3,(H,30,35). The first-order chi connectivity index (χ1) is 17.0. The maximum Gasteiger partial charge on any atom is 0.258 e. The summed E-state index contributed by atoms with van der Waals surface area (Å²) < 4.78 is 0. The lowest BCUT2D eigenvalue weighted by Crippen LogP contribution is -2.47. The molecule has 7 heteroatoms. The van der Waals surface area contributed by atoms with Gasteiger partial charge in [-0.1, -0.05) is 42.5 Å². The van der Waals surface area contributed by atoms with Crippen LogP contribution in [-0.2, 0) is 11.2 Å². The van der Waals surface area contributed by atoms with E-state index in [1.54, 1.807) is 6.20 Å². The van der Waals surface area contributed by atoms with Crippen LogP contribution in [0.5, 0.6) is 0 Å². The fraction of sp³-hybridized carbons (Fsp3) is 0.214. The Hall–Kier alpha value is -4.10. The summed E-state index contributed by atoms with van der Waals surface area (Å²) in [5.74, 6) is 0.190. The van der Waals surface area contributed by atoms with Crippen molar-refractivity contribution in [2.24, 2.45) is 0 Å². The molecule has 6 rings (SSSR count). The minimum atomic E-state index is -0.0702. The highest BCUT2D eigenvalue weighted by molar-refractivity contribution is 6.16. The molecule has 0 aliphatic carbocycles. The Labute approximate surface area is 202 Å². The molecule has 1 aliphatic heterocycles. The van der Waals surface area contributed by atoms with Gasteiger partial charge in [0.25, 0.3) is 5.56 Å². The molecule has 7 nitrogen and oxygen atoms in total. The zero-order chi connectivity index (χ0) is 23.9. The van der Waals surface area contributed by atoms with E-state index in [4.69, 9.17) is 0 Å². The van der Waals surface area contributed by atoms with Gasteiger partial charge in [0.1, 0.15) is 0 Å². The van der Waals surface area contributed by atoms with Crippen LogP contribution >= 0.6 is 0 Å². The fourth-order valence-corrected chi connectivity index (χ4v) is 4.95. The number of amides is 1. The number of likely N-dealkylation sites (N-methyl/N-ethyl adjacent to an activating group) is 1. The van der Waals surface area contributed by atoms with E-state index in [0.717, 1.165) is 70.2 Å². The summed E-state index contributed by atoms with van der Waals surface area (Å²) in [6.45, 7) is 3.46. The summed E-state index contributed by atoms with van der Waals surface area (Å²) in [6.07, 6.45) is 8.22. The third-order valence-corrected chi connectivity index (χ3v) is 6.96. The van der Waals surface area contributed by atoms with Gasteiger partial charge in [-0.3, -0.25) is 9.59 Å². The Morgan fingerprint density at radius 2 is 1.83 bits per heavy atom. The van der Waals surface area contributed by atoms with E-state index in [0.29, 0.717) is 11.8 Å². The van der Waals surface area contributed by atoms with Crippen molar-refractivity contribution in [1.82, 2.24) is 24.8 Å². The molecule has 35 heavy (non-hydrogen) atoms. The number of aromatic nitrogens is 3. The lowest BCUT2D eigenvalue weighted by Gasteiger charge is -2.32. The van der Waals surface area contributed by atoms with Crippen LogP contribution in [0.2, 0.25) is 0 Å². The van der Waals surface area contributed by atoms with Gasteiger partial charge in [-0.15, -0.1) is 0 Å². The molecule has 4 heterocycles. The largest absolute Gasteiger partial charge is 0.361 e. The molecule has 2 aromatic carbocycles. The SMILES string of the molecule is CN1CCN(C(=O)Cc2cccc(C=Cc3cc4c(ccc5c4[nH]c4c[nH]c(=O)c45)c[nH]3)c2)CC1. The molecule has 1 saturated heterocycles. The van der Waals surface area contributed by atoms with Gasteiger partial charge in [-0.2, -0.15) is 0 Å². The van der Waals surface area contributed by atoms with E-state index < -0.39 is 0 Å². The predicted octanol–water partition coefficient (Wildman–Crippen LogP) is 3.98. The highest BCUT2D eigenvalue weighted by Gasteiger charge is 2.19. The number of fused-ring (bicyclic) bond motifs is 5. The molecule has 0 saturated carbocycles. The first-order valence-electron chi connectivity index (χ1n) is 11.9. The number of rotatable bonds is 4. The van der Waals surface area contributed by atoms with Crippen molar-refractivity contribution in [2.45, 2.75) is 6.42 Å². The number of nitrogens with one attached hydrogen (secondary N) is 3. The van der Waals surface area contributed by atoms with E-state index in [2.05, 4.69) is 45.1 Å². The average Bonchev–Trinajstić information content (AvgIpc) is 3.43. The third-order valence-electron chi connectivity index (χ3n) is 6.96. The third kappa shape index (κ3) is 4.04. The second kappa shape index (κ2) is 8.60. The lowest BCUT2D eigenvalue weighted by atomic mass is 10.1. The molecular formula is C28H27N5O2. The molecule has 3 N–H and O–H groups in total. The summed E-state index contributed by atoms with van der Waals surface area (Å²) in [4.78, 5) is 38.6. The van der Waals surface area contributed by atoms with Crippen LogP contribution in [0.4, 0.5) is 0 Å². The van der Waals surface area contributed by atoms with Crippen molar-refractivity contribution < 1.29 is 4.79 Å². The Morgan fingerprint density at radius 3 is 2.69 bits per heavy atom. The van der Waals surface area contributed by atoms with Crippen molar-refractivity contribution >= 4 is 50.6 Å². The molecule has 1 aliphatic rings. The topological polar surface area (TPSA) is 88.0 Å². The quantitative estimate of drug-likeness (QED) is 0.375. The number of aromatic amines is 3. The van der Waals surface area contributed by atoms with E-state index in [1.807, 2.05) is 47.5 Å². The Morgan fingerprint density at radius 1 is 0.971 bits per heavy atom. The average molecular weight is 466 g/mol. The van der Waals surface area contributed by atoms with Gasteiger partial charge in [-0.05, 0) is 35.7 Å². The van der Waals surface area contributed by atoms with Gasteiger partial charge < -0.3 is 24.8 Å². The second-order valence-electron chi connectivity index (χ2n) is 9.35. The minimum Gasteiger partial charge on any atom is -0.361 e. The molecule has 3 aromatic heterocycles. The number of carbonyl (C=O) groups is 1. The van der Waals surface area contributed by atoms with Crippen LogP contribution < -0.4 is 5.56 Å². The molecule has 0 spiro atoms. The monoisotopic (exact) mass is 465 g/mol. The molecular weight excluding hydrogens is 438 g/mol. The van der Waals surface area contributed by atoms with Gasteiger partial charge in [0.05, 0.1) is 22.8 Å². The van der Waals surface area contributed by atoms with Gasteiger partial charge in [0, 0.05) is 55.0 Å². The summed E-state index contributed by atoms with van der Waals surface area (Å²) in [5, 5.41) is 3.76. The van der Waals surface area contributed by atoms with Gasteiger partial charge in [-0.25, -0.2) is 0 Å². The van der Waals surface area contributed by atoms with Gasteiger partial charge >= 0.3 is 0 Å². The highest BCUT2D eigenvalue weighted by Crippen LogP contribution is 2.29. The van der Waals surface area contributed by atoms with Crippen LogP contribution in [-0.4, -0.2) is 63.9 Å². The van der Waals surface area contributed by atoms with Crippen molar-refractivity contribution in [3.8, 4) is 0 Å². The lowest BCUT2D eigenvalue weighted by molar-refractivity contribution is -0.132. The summed E-state index contributed by atoms with van der Waals surface area (Å²) in [6, 6.07) is 14.3. The molecule has 5 aromatic rings.